The molecule has 1 fully saturated rings. The van der Waals surface area contributed by atoms with Gasteiger partial charge in [0.05, 0.1) is 12.1 Å². The molecular formula is C17H22N4O. The third-order valence-electron chi connectivity index (χ3n) is 4.22. The zero-order chi connectivity index (χ0) is 15.5. The van der Waals surface area contributed by atoms with E-state index in [2.05, 4.69) is 40.3 Å². The minimum absolute atomic E-state index is 0.248. The van der Waals surface area contributed by atoms with Crippen molar-refractivity contribution < 1.29 is 4.79 Å². The molecule has 1 aromatic heterocycles. The molecule has 5 nitrogen and oxygen atoms in total. The van der Waals surface area contributed by atoms with Crippen molar-refractivity contribution in [2.75, 3.05) is 25.0 Å². The number of rotatable bonds is 4. The van der Waals surface area contributed by atoms with Crippen molar-refractivity contribution in [3.63, 3.8) is 0 Å². The van der Waals surface area contributed by atoms with E-state index in [9.17, 15) is 4.79 Å². The number of nitrogens with one attached hydrogen (secondary N) is 1. The lowest BCUT2D eigenvalue weighted by molar-refractivity contribution is -0.119. The Labute approximate surface area is 130 Å². The van der Waals surface area contributed by atoms with Crippen LogP contribution < -0.4 is 11.1 Å². The molecule has 2 heterocycles. The fourth-order valence-corrected chi connectivity index (χ4v) is 3.06. The molecule has 1 aliphatic heterocycles. The van der Waals surface area contributed by atoms with E-state index in [1.54, 1.807) is 0 Å². The first kappa shape index (κ1) is 14.8. The second-order valence-corrected chi connectivity index (χ2v) is 6.04. The van der Waals surface area contributed by atoms with E-state index in [1.807, 2.05) is 12.3 Å². The molecule has 0 bridgehead atoms. The third kappa shape index (κ3) is 3.36. The molecule has 0 unspecified atom stereocenters. The van der Waals surface area contributed by atoms with Crippen molar-refractivity contribution in [2.24, 2.45) is 5.73 Å². The highest BCUT2D eigenvalue weighted by atomic mass is 16.1. The van der Waals surface area contributed by atoms with Gasteiger partial charge in [-0.2, -0.15) is 0 Å². The van der Waals surface area contributed by atoms with Crippen LogP contribution in [0.1, 0.15) is 18.4 Å². The first-order valence-electron chi connectivity index (χ1n) is 7.74. The molecule has 22 heavy (non-hydrogen) atoms. The molecule has 5 heteroatoms. The van der Waals surface area contributed by atoms with Gasteiger partial charge < -0.3 is 11.1 Å². The van der Waals surface area contributed by atoms with Crippen molar-refractivity contribution in [1.29, 1.82) is 0 Å². The highest BCUT2D eigenvalue weighted by Gasteiger charge is 2.20. The average Bonchev–Trinajstić information content (AvgIpc) is 2.49. The maximum atomic E-state index is 11.0. The highest BCUT2D eigenvalue weighted by Crippen LogP contribution is 2.25. The van der Waals surface area contributed by atoms with Crippen LogP contribution in [0, 0.1) is 6.92 Å². The lowest BCUT2D eigenvalue weighted by atomic mass is 10.0. The normalized spacial score (nSPS) is 16.8. The Morgan fingerprint density at radius 2 is 2.14 bits per heavy atom. The number of anilines is 1. The summed E-state index contributed by atoms with van der Waals surface area (Å²) >= 11 is 0. The lowest BCUT2D eigenvalue weighted by Crippen LogP contribution is -2.42. The summed E-state index contributed by atoms with van der Waals surface area (Å²) in [6.45, 7) is 4.27. The van der Waals surface area contributed by atoms with Gasteiger partial charge in [-0.15, -0.1) is 0 Å². The van der Waals surface area contributed by atoms with Gasteiger partial charge in [-0.1, -0.05) is 11.6 Å². The van der Waals surface area contributed by atoms with Gasteiger partial charge in [0.25, 0.3) is 0 Å². The van der Waals surface area contributed by atoms with Gasteiger partial charge in [-0.3, -0.25) is 14.7 Å². The van der Waals surface area contributed by atoms with Crippen molar-refractivity contribution in [3.8, 4) is 0 Å². The summed E-state index contributed by atoms with van der Waals surface area (Å²) in [6, 6.07) is 8.78. The third-order valence-corrected chi connectivity index (χ3v) is 4.22. The number of amides is 1. The second-order valence-electron chi connectivity index (χ2n) is 6.04. The Morgan fingerprint density at radius 1 is 1.36 bits per heavy atom. The van der Waals surface area contributed by atoms with Crippen molar-refractivity contribution in [2.45, 2.75) is 25.8 Å². The fraction of sp³-hybridized carbons (Fsp3) is 0.412. The van der Waals surface area contributed by atoms with E-state index in [-0.39, 0.29) is 5.91 Å². The van der Waals surface area contributed by atoms with Gasteiger partial charge in [0, 0.05) is 36.4 Å². The zero-order valence-corrected chi connectivity index (χ0v) is 12.9. The lowest BCUT2D eigenvalue weighted by Gasteiger charge is -2.32. The number of primary amides is 1. The van der Waals surface area contributed by atoms with Crippen LogP contribution in [0.25, 0.3) is 10.9 Å². The summed E-state index contributed by atoms with van der Waals surface area (Å²) in [5.41, 5.74) is 8.65. The molecular weight excluding hydrogens is 276 g/mol. The predicted molar refractivity (Wildman–Crippen MR) is 88.8 cm³/mol. The molecule has 0 atom stereocenters. The summed E-state index contributed by atoms with van der Waals surface area (Å²) < 4.78 is 0. The molecule has 1 aliphatic rings. The van der Waals surface area contributed by atoms with E-state index >= 15 is 0 Å². The number of nitrogens with two attached hydrogens (primary N) is 1. The highest BCUT2D eigenvalue weighted by molar-refractivity contribution is 5.91. The van der Waals surface area contributed by atoms with Crippen molar-refractivity contribution in [1.82, 2.24) is 9.88 Å². The summed E-state index contributed by atoms with van der Waals surface area (Å²) in [5.74, 6) is -0.248. The van der Waals surface area contributed by atoms with Gasteiger partial charge in [0.2, 0.25) is 5.91 Å². The smallest absolute Gasteiger partial charge is 0.231 e. The molecule has 1 saturated heterocycles. The molecule has 0 radical (unpaired) electrons. The number of fused-ring (bicyclic) bond motifs is 1. The molecule has 3 rings (SSSR count). The van der Waals surface area contributed by atoms with E-state index in [1.165, 1.54) is 10.9 Å². The quantitative estimate of drug-likeness (QED) is 0.904. The van der Waals surface area contributed by atoms with E-state index in [4.69, 9.17) is 5.73 Å². The average molecular weight is 298 g/mol. The Bertz CT molecular complexity index is 677. The Hall–Kier alpha value is -2.14. The molecule has 1 amide bonds. The Balaban J connectivity index is 1.69. The number of nitrogens with zero attached hydrogens (tertiary/aromatic N) is 2. The SMILES string of the molecule is Cc1ccc2nccc(NC3CCN(CC(N)=O)CC3)c2c1. The number of likely N-dealkylation sites (tertiary alicyclic amines) is 1. The van der Waals surface area contributed by atoms with E-state index < -0.39 is 0 Å². The Morgan fingerprint density at radius 3 is 2.86 bits per heavy atom. The number of carbonyl (C=O) groups is 1. The van der Waals surface area contributed by atoms with E-state index in [0.717, 1.165) is 37.1 Å². The fourth-order valence-electron chi connectivity index (χ4n) is 3.06. The summed E-state index contributed by atoms with van der Waals surface area (Å²) in [5, 5.41) is 4.81. The van der Waals surface area contributed by atoms with Crippen molar-refractivity contribution in [3.05, 3.63) is 36.0 Å². The number of aryl methyl sites for hydroxylation is 1. The van der Waals surface area contributed by atoms with Gasteiger partial charge >= 0.3 is 0 Å². The molecule has 2 aromatic rings. The molecule has 0 spiro atoms. The molecule has 0 saturated carbocycles. The van der Waals surface area contributed by atoms with Crippen molar-refractivity contribution >= 4 is 22.5 Å². The van der Waals surface area contributed by atoms with Crippen LogP contribution in [-0.4, -0.2) is 41.5 Å². The molecule has 3 N–H and O–H groups in total. The van der Waals surface area contributed by atoms with Gasteiger partial charge in [0.1, 0.15) is 0 Å². The summed E-state index contributed by atoms with van der Waals surface area (Å²) in [6.07, 6.45) is 3.88. The first-order valence-corrected chi connectivity index (χ1v) is 7.74. The van der Waals surface area contributed by atoms with Crippen LogP contribution >= 0.6 is 0 Å². The number of hydrogen-bond donors (Lipinski definition) is 2. The molecule has 116 valence electrons. The first-order chi connectivity index (χ1) is 10.6. The van der Waals surface area contributed by atoms with Crippen LogP contribution in [0.15, 0.2) is 30.5 Å². The number of hydrogen-bond acceptors (Lipinski definition) is 4. The minimum atomic E-state index is -0.248. The van der Waals surface area contributed by atoms with Gasteiger partial charge in [-0.05, 0) is 38.0 Å². The maximum absolute atomic E-state index is 11.0. The summed E-state index contributed by atoms with van der Waals surface area (Å²) in [4.78, 5) is 17.5. The topological polar surface area (TPSA) is 71.2 Å². The van der Waals surface area contributed by atoms with Crippen LogP contribution in [0.5, 0.6) is 0 Å². The van der Waals surface area contributed by atoms with Crippen LogP contribution in [0.4, 0.5) is 5.69 Å². The monoisotopic (exact) mass is 298 g/mol. The second kappa shape index (κ2) is 6.32. The number of aromatic nitrogens is 1. The largest absolute Gasteiger partial charge is 0.382 e. The summed E-state index contributed by atoms with van der Waals surface area (Å²) in [7, 11) is 0. The maximum Gasteiger partial charge on any atom is 0.231 e. The number of pyridine rings is 1. The molecule has 0 aliphatic carbocycles. The predicted octanol–water partition coefficient (Wildman–Crippen LogP) is 1.90. The van der Waals surface area contributed by atoms with Crippen LogP contribution in [-0.2, 0) is 4.79 Å². The standard InChI is InChI=1S/C17H22N4O/c1-12-2-3-15-14(10-12)16(4-7-19-15)20-13-5-8-21(9-6-13)11-17(18)22/h2-4,7,10,13H,5-6,8-9,11H2,1H3,(H2,18,22)(H,19,20). The zero-order valence-electron chi connectivity index (χ0n) is 12.9. The number of benzene rings is 1. The Kier molecular flexibility index (Phi) is 4.24. The number of piperidine rings is 1. The number of carbonyl (C=O) groups excluding carboxylic acids is 1. The van der Waals surface area contributed by atoms with Crippen LogP contribution in [0.2, 0.25) is 0 Å². The van der Waals surface area contributed by atoms with E-state index in [0.29, 0.717) is 12.6 Å². The van der Waals surface area contributed by atoms with Gasteiger partial charge in [-0.25, -0.2) is 0 Å². The minimum Gasteiger partial charge on any atom is -0.382 e. The van der Waals surface area contributed by atoms with Crippen LogP contribution in [0.3, 0.4) is 0 Å². The van der Waals surface area contributed by atoms with Gasteiger partial charge in [0.15, 0.2) is 0 Å². The molecule has 1 aromatic carbocycles.